The minimum atomic E-state index is -1.14. The standard InChI is InChI=1S/C24H27NO6S/c1-3-6-22(27)31-24(18-7-4-5-8-19(18)25)23(28)17(13-32-15(2)26)11-16-9-10-20-21(12-16)30-14-29-20/h4-5,7-10,12,17,24H,3,6,11,13-14,25H2,1-2H3/t17?,24-/m0/s1. The molecule has 0 saturated heterocycles. The predicted octanol–water partition coefficient (Wildman–Crippen LogP) is 4.09. The Labute approximate surface area is 191 Å². The van der Waals surface area contributed by atoms with Gasteiger partial charge in [-0.1, -0.05) is 43.0 Å². The van der Waals surface area contributed by atoms with Crippen molar-refractivity contribution in [1.29, 1.82) is 0 Å². The highest BCUT2D eigenvalue weighted by atomic mass is 32.2. The number of para-hydroxylation sites is 1. The van der Waals surface area contributed by atoms with E-state index in [4.69, 9.17) is 19.9 Å². The zero-order valence-corrected chi connectivity index (χ0v) is 19.0. The Morgan fingerprint density at radius 3 is 2.59 bits per heavy atom. The number of esters is 1. The maximum absolute atomic E-state index is 13.7. The zero-order valence-electron chi connectivity index (χ0n) is 18.2. The fourth-order valence-electron chi connectivity index (χ4n) is 3.45. The number of nitrogens with two attached hydrogens (primary N) is 1. The first-order valence-corrected chi connectivity index (χ1v) is 11.5. The fraction of sp³-hybridized carbons (Fsp3) is 0.375. The number of fused-ring (bicyclic) bond motifs is 1. The normalized spacial score (nSPS) is 13.9. The lowest BCUT2D eigenvalue weighted by atomic mass is 9.90. The van der Waals surface area contributed by atoms with Gasteiger partial charge >= 0.3 is 5.97 Å². The third-order valence-corrected chi connectivity index (χ3v) is 6.03. The molecular weight excluding hydrogens is 430 g/mol. The molecule has 1 heterocycles. The Bertz CT molecular complexity index is 992. The maximum Gasteiger partial charge on any atom is 0.306 e. The Balaban J connectivity index is 1.90. The van der Waals surface area contributed by atoms with Crippen LogP contribution in [0.15, 0.2) is 42.5 Å². The van der Waals surface area contributed by atoms with Crippen LogP contribution in [0.3, 0.4) is 0 Å². The highest BCUT2D eigenvalue weighted by molar-refractivity contribution is 8.13. The van der Waals surface area contributed by atoms with E-state index < -0.39 is 18.0 Å². The lowest BCUT2D eigenvalue weighted by Gasteiger charge is -2.24. The molecule has 2 aromatic rings. The summed E-state index contributed by atoms with van der Waals surface area (Å²) in [4.78, 5) is 37.6. The van der Waals surface area contributed by atoms with Crippen LogP contribution in [0.5, 0.6) is 11.5 Å². The van der Waals surface area contributed by atoms with E-state index in [9.17, 15) is 14.4 Å². The number of ketones is 1. The molecule has 0 spiro atoms. The predicted molar refractivity (Wildman–Crippen MR) is 123 cm³/mol. The van der Waals surface area contributed by atoms with Gasteiger partial charge in [0.1, 0.15) is 0 Å². The number of nitrogen functional groups attached to an aromatic ring is 1. The van der Waals surface area contributed by atoms with Crippen molar-refractivity contribution in [3.05, 3.63) is 53.6 Å². The van der Waals surface area contributed by atoms with Gasteiger partial charge in [0.05, 0.1) is 0 Å². The Morgan fingerprint density at radius 1 is 1.12 bits per heavy atom. The number of ether oxygens (including phenoxy) is 3. The molecule has 1 aliphatic heterocycles. The van der Waals surface area contributed by atoms with Gasteiger partial charge in [-0.3, -0.25) is 14.4 Å². The summed E-state index contributed by atoms with van der Waals surface area (Å²) < 4.78 is 16.4. The van der Waals surface area contributed by atoms with Gasteiger partial charge in [-0.2, -0.15) is 0 Å². The molecule has 1 unspecified atom stereocenters. The van der Waals surface area contributed by atoms with Gasteiger partial charge < -0.3 is 19.9 Å². The Morgan fingerprint density at radius 2 is 1.88 bits per heavy atom. The van der Waals surface area contributed by atoms with E-state index in [0.717, 1.165) is 17.3 Å². The van der Waals surface area contributed by atoms with Crippen LogP contribution in [0.25, 0.3) is 0 Å². The lowest BCUT2D eigenvalue weighted by Crippen LogP contribution is -2.30. The third-order valence-electron chi connectivity index (χ3n) is 5.05. The minimum Gasteiger partial charge on any atom is -0.454 e. The summed E-state index contributed by atoms with van der Waals surface area (Å²) in [6.45, 7) is 3.48. The topological polar surface area (TPSA) is 105 Å². The first-order chi connectivity index (χ1) is 15.4. The highest BCUT2D eigenvalue weighted by Crippen LogP contribution is 2.35. The number of thioether (sulfide) groups is 1. The molecule has 170 valence electrons. The number of hydrogen-bond donors (Lipinski definition) is 1. The number of benzene rings is 2. The van der Waals surface area contributed by atoms with Crippen LogP contribution in [0.2, 0.25) is 0 Å². The number of Topliss-reactive ketones (excluding diaryl/α,β-unsaturated/α-hetero) is 1. The van der Waals surface area contributed by atoms with E-state index >= 15 is 0 Å². The zero-order chi connectivity index (χ0) is 23.1. The molecule has 7 nitrogen and oxygen atoms in total. The van der Waals surface area contributed by atoms with Gasteiger partial charge in [-0.25, -0.2) is 0 Å². The van der Waals surface area contributed by atoms with Crippen molar-refractivity contribution in [2.24, 2.45) is 5.92 Å². The second-order valence-corrected chi connectivity index (χ2v) is 8.74. The molecule has 0 bridgehead atoms. The number of rotatable bonds is 10. The number of hydrogen-bond acceptors (Lipinski definition) is 8. The van der Waals surface area contributed by atoms with Crippen molar-refractivity contribution < 1.29 is 28.6 Å². The molecule has 0 aliphatic carbocycles. The molecule has 0 saturated carbocycles. The molecule has 3 rings (SSSR count). The fourth-order valence-corrected chi connectivity index (χ4v) is 4.16. The summed E-state index contributed by atoms with van der Waals surface area (Å²) in [5.41, 5.74) is 7.79. The summed E-state index contributed by atoms with van der Waals surface area (Å²) >= 11 is 1.07. The largest absolute Gasteiger partial charge is 0.454 e. The second-order valence-electron chi connectivity index (χ2n) is 7.54. The minimum absolute atomic E-state index is 0.0905. The molecule has 2 aromatic carbocycles. The van der Waals surface area contributed by atoms with Gasteiger partial charge in [0.25, 0.3) is 0 Å². The summed E-state index contributed by atoms with van der Waals surface area (Å²) in [7, 11) is 0. The molecule has 1 aliphatic rings. The van der Waals surface area contributed by atoms with Crippen LogP contribution >= 0.6 is 11.8 Å². The Hall–Kier alpha value is -3.00. The van der Waals surface area contributed by atoms with Crippen molar-refractivity contribution in [2.75, 3.05) is 18.3 Å². The molecule has 0 fully saturated rings. The van der Waals surface area contributed by atoms with Crippen LogP contribution in [-0.2, 0) is 25.5 Å². The lowest BCUT2D eigenvalue weighted by molar-refractivity contribution is -0.156. The smallest absolute Gasteiger partial charge is 0.306 e. The van der Waals surface area contributed by atoms with Gasteiger partial charge in [0.15, 0.2) is 28.5 Å². The van der Waals surface area contributed by atoms with Crippen LogP contribution < -0.4 is 15.2 Å². The summed E-state index contributed by atoms with van der Waals surface area (Å²) in [6.07, 6.45) is 0.0163. The maximum atomic E-state index is 13.7. The average molecular weight is 458 g/mol. The second kappa shape index (κ2) is 11.0. The highest BCUT2D eigenvalue weighted by Gasteiger charge is 2.33. The number of anilines is 1. The molecule has 2 N–H and O–H groups in total. The molecule has 8 heteroatoms. The number of carbonyl (C=O) groups is 3. The number of carbonyl (C=O) groups excluding carboxylic acids is 3. The van der Waals surface area contributed by atoms with E-state index in [1.807, 2.05) is 19.1 Å². The quantitative estimate of drug-likeness (QED) is 0.420. The summed E-state index contributed by atoms with van der Waals surface area (Å²) in [6, 6.07) is 12.3. The van der Waals surface area contributed by atoms with Crippen molar-refractivity contribution in [2.45, 2.75) is 39.2 Å². The summed E-state index contributed by atoms with van der Waals surface area (Å²) in [5, 5.41) is -0.0905. The first kappa shape index (κ1) is 23.7. The van der Waals surface area contributed by atoms with Gasteiger partial charge in [0, 0.05) is 36.3 Å². The first-order valence-electron chi connectivity index (χ1n) is 10.5. The van der Waals surface area contributed by atoms with Crippen molar-refractivity contribution in [1.82, 2.24) is 0 Å². The van der Waals surface area contributed by atoms with Gasteiger partial charge in [-0.05, 0) is 36.6 Å². The average Bonchev–Trinajstić information content (AvgIpc) is 3.23. The molecule has 0 amide bonds. The van der Waals surface area contributed by atoms with Crippen LogP contribution in [0.4, 0.5) is 5.69 Å². The molecule has 0 radical (unpaired) electrons. The van der Waals surface area contributed by atoms with Gasteiger partial charge in [-0.15, -0.1) is 0 Å². The summed E-state index contributed by atoms with van der Waals surface area (Å²) in [5.74, 6) is 0.193. The third kappa shape index (κ3) is 6.03. The van der Waals surface area contributed by atoms with Crippen LogP contribution in [0, 0.1) is 5.92 Å². The van der Waals surface area contributed by atoms with E-state index in [-0.39, 0.29) is 29.9 Å². The van der Waals surface area contributed by atoms with E-state index in [1.54, 1.807) is 30.3 Å². The molecular formula is C24H27NO6S. The van der Waals surface area contributed by atoms with E-state index in [2.05, 4.69) is 0 Å². The van der Waals surface area contributed by atoms with E-state index in [0.29, 0.717) is 35.6 Å². The molecule has 32 heavy (non-hydrogen) atoms. The molecule has 0 aromatic heterocycles. The van der Waals surface area contributed by atoms with Crippen LogP contribution in [0.1, 0.15) is 43.9 Å². The monoisotopic (exact) mass is 457 g/mol. The van der Waals surface area contributed by atoms with E-state index in [1.165, 1.54) is 6.92 Å². The van der Waals surface area contributed by atoms with Crippen molar-refractivity contribution in [3.8, 4) is 11.5 Å². The molecule has 2 atom stereocenters. The Kier molecular flexibility index (Phi) is 8.16. The van der Waals surface area contributed by atoms with Gasteiger partial charge in [0.2, 0.25) is 6.79 Å². The van der Waals surface area contributed by atoms with Crippen molar-refractivity contribution in [3.63, 3.8) is 0 Å². The van der Waals surface area contributed by atoms with Crippen LogP contribution in [-0.4, -0.2) is 29.4 Å². The SMILES string of the molecule is CCCC(=O)O[C@H](C(=O)C(CSC(C)=O)Cc1ccc2c(c1)OCO2)c1ccccc1N. The van der Waals surface area contributed by atoms with Crippen molar-refractivity contribution >= 4 is 34.3 Å².